The Hall–Kier alpha value is -1.41. The van der Waals surface area contributed by atoms with E-state index in [0.29, 0.717) is 12.8 Å². The average molecular weight is 977 g/mol. The molecule has 0 aliphatic heterocycles. The fraction of sp³-hybridized carbons (Fsp3) is 0.925. The molecule has 0 radical (unpaired) electrons. The van der Waals surface area contributed by atoms with Gasteiger partial charge in [-0.25, -0.2) is 4.57 Å². The van der Waals surface area contributed by atoms with E-state index in [1.54, 1.807) is 0 Å². The van der Waals surface area contributed by atoms with Gasteiger partial charge in [0.15, 0.2) is 6.10 Å². The molecule has 0 aromatic carbocycles. The summed E-state index contributed by atoms with van der Waals surface area (Å²) in [5.74, 6) is -1.14. The number of aliphatic hydroxyl groups excluding tert-OH is 5. The van der Waals surface area contributed by atoms with Crippen molar-refractivity contribution in [3.63, 3.8) is 0 Å². The molecule has 1 saturated carbocycles. The Kier molecular flexibility index (Phi) is 41.2. The first kappa shape index (κ1) is 63.6. The minimum atomic E-state index is -5.13. The maximum absolute atomic E-state index is 12.9. The van der Waals surface area contributed by atoms with Crippen LogP contribution < -0.4 is 0 Å². The van der Waals surface area contributed by atoms with E-state index < -0.39 is 75.7 Å². The number of carbonyl (C=O) groups excluding carboxylic acids is 2. The molecule has 0 aromatic rings. The van der Waals surface area contributed by atoms with Crippen LogP contribution in [0.1, 0.15) is 258 Å². The van der Waals surface area contributed by atoms with Gasteiger partial charge in [-0.1, -0.05) is 231 Å². The molecule has 396 valence electrons. The largest absolute Gasteiger partial charge is 0.472 e. The van der Waals surface area contributed by atoms with Gasteiger partial charge in [0.25, 0.3) is 0 Å². The van der Waals surface area contributed by atoms with Crippen molar-refractivity contribution in [1.82, 2.24) is 0 Å². The lowest BCUT2D eigenvalue weighted by atomic mass is 9.85. The number of esters is 2. The fourth-order valence-electron chi connectivity index (χ4n) is 8.72. The number of phosphoric ester groups is 1. The molecule has 8 atom stereocenters. The molecule has 0 amide bonds. The van der Waals surface area contributed by atoms with Crippen molar-refractivity contribution in [1.29, 1.82) is 0 Å². The number of hydrogen-bond donors (Lipinski definition) is 6. The van der Waals surface area contributed by atoms with Gasteiger partial charge in [-0.05, 0) is 25.7 Å². The number of unbranched alkanes of at least 4 members (excludes halogenated alkanes) is 33. The summed E-state index contributed by atoms with van der Waals surface area (Å²) in [5.41, 5.74) is 0. The van der Waals surface area contributed by atoms with Gasteiger partial charge in [0.05, 0.1) is 6.61 Å². The van der Waals surface area contributed by atoms with E-state index in [0.717, 1.165) is 32.1 Å². The molecule has 14 heteroatoms. The summed E-state index contributed by atoms with van der Waals surface area (Å²) >= 11 is 0. The molecule has 1 aliphatic carbocycles. The van der Waals surface area contributed by atoms with E-state index in [1.165, 1.54) is 186 Å². The molecular formula is C53H101O13P. The molecule has 6 N–H and O–H groups in total. The summed E-state index contributed by atoms with van der Waals surface area (Å²) in [5, 5.41) is 50.3. The second kappa shape index (κ2) is 43.4. The minimum Gasteiger partial charge on any atom is -0.462 e. The van der Waals surface area contributed by atoms with Gasteiger partial charge in [-0.2, -0.15) is 0 Å². The Morgan fingerprint density at radius 1 is 0.448 bits per heavy atom. The Morgan fingerprint density at radius 2 is 0.791 bits per heavy atom. The topological polar surface area (TPSA) is 210 Å². The van der Waals surface area contributed by atoms with Gasteiger partial charge < -0.3 is 39.9 Å². The van der Waals surface area contributed by atoms with Crippen molar-refractivity contribution in [2.45, 2.75) is 301 Å². The number of phosphoric acid groups is 1. The van der Waals surface area contributed by atoms with Crippen LogP contribution in [-0.2, 0) is 32.7 Å². The van der Waals surface area contributed by atoms with Crippen LogP contribution >= 0.6 is 7.82 Å². The summed E-state index contributed by atoms with van der Waals surface area (Å²) in [7, 11) is -5.13. The van der Waals surface area contributed by atoms with Crippen LogP contribution in [0, 0.1) is 0 Å². The molecule has 0 heterocycles. The summed E-state index contributed by atoms with van der Waals surface area (Å²) in [4.78, 5) is 35.8. The third-order valence-electron chi connectivity index (χ3n) is 13.1. The molecule has 0 spiro atoms. The first-order chi connectivity index (χ1) is 32.4. The van der Waals surface area contributed by atoms with Crippen LogP contribution in [-0.4, -0.2) is 98.3 Å². The van der Waals surface area contributed by atoms with E-state index in [9.17, 15) is 44.6 Å². The van der Waals surface area contributed by atoms with Gasteiger partial charge in [-0.15, -0.1) is 0 Å². The highest BCUT2D eigenvalue weighted by Crippen LogP contribution is 2.47. The van der Waals surface area contributed by atoms with Crippen LogP contribution in [0.4, 0.5) is 0 Å². The summed E-state index contributed by atoms with van der Waals surface area (Å²) in [6.07, 6.45) is 35.7. The van der Waals surface area contributed by atoms with Crippen molar-refractivity contribution in [2.75, 3.05) is 13.2 Å². The van der Waals surface area contributed by atoms with Gasteiger partial charge in [0, 0.05) is 12.8 Å². The smallest absolute Gasteiger partial charge is 0.462 e. The summed E-state index contributed by atoms with van der Waals surface area (Å²) in [6, 6.07) is 0. The third-order valence-corrected chi connectivity index (χ3v) is 14.1. The van der Waals surface area contributed by atoms with Gasteiger partial charge in [0.2, 0.25) is 0 Å². The lowest BCUT2D eigenvalue weighted by molar-refractivity contribution is -0.220. The third kappa shape index (κ3) is 35.4. The molecule has 1 aliphatic rings. The highest BCUT2D eigenvalue weighted by molar-refractivity contribution is 7.47. The molecule has 0 saturated heterocycles. The second-order valence-corrected chi connectivity index (χ2v) is 20.9. The van der Waals surface area contributed by atoms with E-state index in [2.05, 4.69) is 13.8 Å². The number of aliphatic hydroxyl groups is 5. The predicted molar refractivity (Wildman–Crippen MR) is 267 cm³/mol. The van der Waals surface area contributed by atoms with Gasteiger partial charge >= 0.3 is 19.8 Å². The lowest BCUT2D eigenvalue weighted by Crippen LogP contribution is -2.64. The highest BCUT2D eigenvalue weighted by atomic mass is 31.2. The number of carbonyl (C=O) groups is 2. The molecule has 0 bridgehead atoms. The zero-order chi connectivity index (χ0) is 49.2. The molecule has 1 rings (SSSR count). The first-order valence-corrected chi connectivity index (χ1v) is 29.0. The first-order valence-electron chi connectivity index (χ1n) is 27.5. The van der Waals surface area contributed by atoms with Crippen LogP contribution in [0.15, 0.2) is 12.2 Å². The average Bonchev–Trinajstić information content (AvgIpc) is 3.31. The molecule has 1 fully saturated rings. The van der Waals surface area contributed by atoms with Crippen molar-refractivity contribution >= 4 is 19.8 Å². The quantitative estimate of drug-likeness (QED) is 0.0145. The Morgan fingerprint density at radius 3 is 1.19 bits per heavy atom. The van der Waals surface area contributed by atoms with E-state index in [-0.39, 0.29) is 12.8 Å². The lowest BCUT2D eigenvalue weighted by Gasteiger charge is -2.41. The van der Waals surface area contributed by atoms with Gasteiger partial charge in [0.1, 0.15) is 43.2 Å². The van der Waals surface area contributed by atoms with Gasteiger partial charge in [-0.3, -0.25) is 18.6 Å². The highest BCUT2D eigenvalue weighted by Gasteiger charge is 2.51. The fourth-order valence-corrected chi connectivity index (χ4v) is 9.69. The summed E-state index contributed by atoms with van der Waals surface area (Å²) < 4.78 is 33.6. The Bertz CT molecular complexity index is 1220. The van der Waals surface area contributed by atoms with Crippen LogP contribution in [0.3, 0.4) is 0 Å². The van der Waals surface area contributed by atoms with E-state index in [1.807, 2.05) is 12.2 Å². The maximum atomic E-state index is 12.9. The van der Waals surface area contributed by atoms with Crippen LogP contribution in [0.5, 0.6) is 0 Å². The van der Waals surface area contributed by atoms with Crippen LogP contribution in [0.25, 0.3) is 0 Å². The minimum absolute atomic E-state index is 0.0184. The van der Waals surface area contributed by atoms with Crippen molar-refractivity contribution in [3.8, 4) is 0 Å². The number of rotatable bonds is 47. The standard InChI is InChI=1S/C53H101O13P/c1-3-5-7-9-11-13-15-17-19-20-21-22-23-24-25-26-28-29-31-33-35-37-39-41-46(54)63-43-45(44-64-67(61,62)66-53-51(59)49(57)48(56)50(58)52(53)60)65-47(55)42-40-38-36-34-32-30-27-18-16-14-12-10-8-6-4-2/h36,38,45,48-53,56-60H,3-35,37,39-44H2,1-2H3,(H,61,62)/b38-36+/t45-,48?,49-,50?,51?,52?,53?/m0/s1. The van der Waals surface area contributed by atoms with Crippen molar-refractivity contribution in [2.24, 2.45) is 0 Å². The van der Waals surface area contributed by atoms with Crippen molar-refractivity contribution < 1.29 is 63.1 Å². The predicted octanol–water partition coefficient (Wildman–Crippen LogP) is 12.2. The monoisotopic (exact) mass is 977 g/mol. The Labute approximate surface area is 407 Å². The summed E-state index contributed by atoms with van der Waals surface area (Å²) in [6.45, 7) is 3.32. The molecule has 6 unspecified atom stereocenters. The maximum Gasteiger partial charge on any atom is 0.472 e. The number of allylic oxidation sites excluding steroid dienone is 2. The van der Waals surface area contributed by atoms with E-state index in [4.69, 9.17) is 18.5 Å². The second-order valence-electron chi connectivity index (χ2n) is 19.4. The molecule has 67 heavy (non-hydrogen) atoms. The number of ether oxygens (including phenoxy) is 2. The van der Waals surface area contributed by atoms with Crippen LogP contribution in [0.2, 0.25) is 0 Å². The Balaban J connectivity index is 2.33. The normalized spacial score (nSPS) is 21.1. The molecular weight excluding hydrogens is 876 g/mol. The zero-order valence-corrected chi connectivity index (χ0v) is 43.4. The molecule has 0 aromatic heterocycles. The zero-order valence-electron chi connectivity index (χ0n) is 42.5. The number of hydrogen-bond acceptors (Lipinski definition) is 12. The van der Waals surface area contributed by atoms with E-state index >= 15 is 0 Å². The van der Waals surface area contributed by atoms with Crippen molar-refractivity contribution in [3.05, 3.63) is 12.2 Å². The molecule has 13 nitrogen and oxygen atoms in total. The SMILES string of the molecule is CCCCCCCCCCCCC/C=C/CCC(=O)O[C@@H](COC(=O)CCCCCCCCCCCCCCCCCCCCCCCCC)COP(=O)(O)OC1C(O)C(O)C(O)[C@H](O)C1O.